The first-order valence-electron chi connectivity index (χ1n) is 6.16. The number of halogens is 1. The Morgan fingerprint density at radius 1 is 1.22 bits per heavy atom. The summed E-state index contributed by atoms with van der Waals surface area (Å²) in [5.74, 6) is -0.561. The molecule has 0 bridgehead atoms. The lowest BCUT2D eigenvalue weighted by Crippen LogP contribution is -2.12. The van der Waals surface area contributed by atoms with Gasteiger partial charge in [-0.15, -0.1) is 0 Å². The van der Waals surface area contributed by atoms with E-state index in [-0.39, 0.29) is 22.0 Å². The number of hydrogen-bond acceptors (Lipinski definition) is 6. The van der Waals surface area contributed by atoms with Crippen LogP contribution < -0.4 is 4.18 Å². The number of nitrogens with zero attached hydrogens (tertiary/aromatic N) is 2. The van der Waals surface area contributed by atoms with Crippen LogP contribution in [0.3, 0.4) is 0 Å². The van der Waals surface area contributed by atoms with Gasteiger partial charge in [0.25, 0.3) is 5.69 Å². The second-order valence-electron chi connectivity index (χ2n) is 4.47. The number of rotatable bonds is 5. The van der Waals surface area contributed by atoms with Crippen molar-refractivity contribution in [3.8, 4) is 11.8 Å². The molecule has 0 amide bonds. The van der Waals surface area contributed by atoms with Crippen molar-refractivity contribution < 1.29 is 17.5 Å². The minimum Gasteiger partial charge on any atom is -0.381 e. The van der Waals surface area contributed by atoms with Gasteiger partial charge in [0, 0.05) is 12.1 Å². The number of nitriles is 1. The third-order valence-corrected chi connectivity index (χ3v) is 4.18. The molecule has 0 unspecified atom stereocenters. The maximum atomic E-state index is 12.0. The average molecular weight is 353 g/mol. The Hall–Kier alpha value is -2.63. The minimum atomic E-state index is -4.00. The van der Waals surface area contributed by atoms with E-state index in [1.54, 1.807) is 0 Å². The molecule has 0 saturated heterocycles. The number of benzene rings is 2. The molecule has 0 fully saturated rings. The maximum Gasteiger partial charge on any atom is 0.313 e. The number of hydrogen-bond donors (Lipinski definition) is 0. The van der Waals surface area contributed by atoms with Crippen LogP contribution in [0.25, 0.3) is 0 Å². The summed E-state index contributed by atoms with van der Waals surface area (Å²) in [5, 5.41) is 19.3. The summed E-state index contributed by atoms with van der Waals surface area (Å²) in [7, 11) is -4.00. The molecule has 0 heterocycles. The van der Waals surface area contributed by atoms with E-state index >= 15 is 0 Å². The van der Waals surface area contributed by atoms with Gasteiger partial charge in [-0.2, -0.15) is 13.7 Å². The van der Waals surface area contributed by atoms with Gasteiger partial charge < -0.3 is 4.18 Å². The summed E-state index contributed by atoms with van der Waals surface area (Å²) >= 11 is 5.86. The van der Waals surface area contributed by atoms with Gasteiger partial charge in [-0.05, 0) is 23.8 Å². The smallest absolute Gasteiger partial charge is 0.313 e. The molecule has 0 spiro atoms. The second kappa shape index (κ2) is 6.64. The highest BCUT2D eigenvalue weighted by Gasteiger charge is 2.17. The normalized spacial score (nSPS) is 10.8. The van der Waals surface area contributed by atoms with Crippen LogP contribution in [0.1, 0.15) is 11.1 Å². The highest BCUT2D eigenvalue weighted by molar-refractivity contribution is 7.86. The van der Waals surface area contributed by atoms with Gasteiger partial charge in [-0.1, -0.05) is 23.7 Å². The van der Waals surface area contributed by atoms with E-state index in [0.717, 1.165) is 0 Å². The van der Waals surface area contributed by atoms with Crippen LogP contribution in [0.4, 0.5) is 5.69 Å². The van der Waals surface area contributed by atoms with E-state index in [2.05, 4.69) is 0 Å². The van der Waals surface area contributed by atoms with Crippen molar-refractivity contribution in [2.24, 2.45) is 0 Å². The molecule has 2 aromatic carbocycles. The Labute approximate surface area is 137 Å². The molecule has 2 rings (SSSR count). The molecular weight excluding hydrogens is 344 g/mol. The van der Waals surface area contributed by atoms with Gasteiger partial charge in [0.15, 0.2) is 5.75 Å². The summed E-state index contributed by atoms with van der Waals surface area (Å²) < 4.78 is 28.9. The van der Waals surface area contributed by atoms with Crippen LogP contribution in [0.2, 0.25) is 5.02 Å². The van der Waals surface area contributed by atoms with Gasteiger partial charge in [0.2, 0.25) is 0 Å². The zero-order valence-electron chi connectivity index (χ0n) is 11.5. The standard InChI is InChI=1S/C14H9ClN2O5S/c15-13-7-11(8-16)3-6-14(13)22-23(20,21)9-10-1-4-12(5-2-10)17(18)19/h1-7H,9H2. The summed E-state index contributed by atoms with van der Waals surface area (Å²) in [6.45, 7) is 0. The lowest BCUT2D eigenvalue weighted by molar-refractivity contribution is -0.384. The lowest BCUT2D eigenvalue weighted by atomic mass is 10.2. The van der Waals surface area contributed by atoms with Crippen LogP contribution in [-0.4, -0.2) is 13.3 Å². The third-order valence-electron chi connectivity index (χ3n) is 2.77. The minimum absolute atomic E-state index is 0.00340. The monoisotopic (exact) mass is 352 g/mol. The Morgan fingerprint density at radius 3 is 2.39 bits per heavy atom. The SMILES string of the molecule is N#Cc1ccc(OS(=O)(=O)Cc2ccc([N+](=O)[O-])cc2)c(Cl)c1. The quantitative estimate of drug-likeness (QED) is 0.464. The van der Waals surface area contributed by atoms with Crippen molar-refractivity contribution in [1.82, 2.24) is 0 Å². The van der Waals surface area contributed by atoms with E-state index < -0.39 is 20.8 Å². The van der Waals surface area contributed by atoms with Gasteiger partial charge in [-0.3, -0.25) is 10.1 Å². The number of nitro groups is 1. The first kappa shape index (κ1) is 16.7. The predicted molar refractivity (Wildman–Crippen MR) is 82.5 cm³/mol. The zero-order valence-corrected chi connectivity index (χ0v) is 13.0. The Morgan fingerprint density at radius 2 is 1.87 bits per heavy atom. The van der Waals surface area contributed by atoms with E-state index in [1.165, 1.54) is 42.5 Å². The molecular formula is C14H9ClN2O5S. The van der Waals surface area contributed by atoms with Crippen molar-refractivity contribution >= 4 is 27.4 Å². The summed E-state index contributed by atoms with van der Waals surface area (Å²) in [4.78, 5) is 9.98. The van der Waals surface area contributed by atoms with Crippen LogP contribution in [-0.2, 0) is 15.9 Å². The van der Waals surface area contributed by atoms with Gasteiger partial charge in [0.05, 0.1) is 21.6 Å². The molecule has 0 N–H and O–H groups in total. The van der Waals surface area contributed by atoms with Gasteiger partial charge >= 0.3 is 10.1 Å². The molecule has 0 aliphatic rings. The first-order valence-corrected chi connectivity index (χ1v) is 8.11. The Kier molecular flexibility index (Phi) is 4.83. The first-order chi connectivity index (χ1) is 10.8. The predicted octanol–water partition coefficient (Wildman–Crippen LogP) is 3.03. The van der Waals surface area contributed by atoms with Crippen LogP contribution >= 0.6 is 11.6 Å². The second-order valence-corrected chi connectivity index (χ2v) is 6.44. The van der Waals surface area contributed by atoms with Gasteiger partial charge in [-0.25, -0.2) is 0 Å². The fourth-order valence-electron chi connectivity index (χ4n) is 1.72. The zero-order chi connectivity index (χ0) is 17.0. The molecule has 7 nitrogen and oxygen atoms in total. The van der Waals surface area contributed by atoms with Crippen LogP contribution in [0.5, 0.6) is 5.75 Å². The topological polar surface area (TPSA) is 110 Å². The van der Waals surface area contributed by atoms with Crippen LogP contribution in [0, 0.1) is 21.4 Å². The van der Waals surface area contributed by atoms with Crippen molar-refractivity contribution in [2.45, 2.75) is 5.75 Å². The molecule has 0 aromatic heterocycles. The van der Waals surface area contributed by atoms with Crippen molar-refractivity contribution in [1.29, 1.82) is 5.26 Å². The number of nitro benzene ring substituents is 1. The largest absolute Gasteiger partial charge is 0.381 e. The Balaban J connectivity index is 2.16. The molecule has 0 aliphatic heterocycles. The third kappa shape index (κ3) is 4.42. The summed E-state index contributed by atoms with van der Waals surface area (Å²) in [5.41, 5.74) is 0.470. The van der Waals surface area contributed by atoms with Gasteiger partial charge in [0.1, 0.15) is 5.75 Å². The molecule has 23 heavy (non-hydrogen) atoms. The molecule has 2 aromatic rings. The molecule has 0 radical (unpaired) electrons. The highest BCUT2D eigenvalue weighted by Crippen LogP contribution is 2.27. The van der Waals surface area contributed by atoms with E-state index in [4.69, 9.17) is 21.0 Å². The summed E-state index contributed by atoms with van der Waals surface area (Å²) in [6.07, 6.45) is 0. The van der Waals surface area contributed by atoms with E-state index in [9.17, 15) is 18.5 Å². The highest BCUT2D eigenvalue weighted by atomic mass is 35.5. The Bertz CT molecular complexity index is 888. The fourth-order valence-corrected chi connectivity index (χ4v) is 3.07. The van der Waals surface area contributed by atoms with E-state index in [0.29, 0.717) is 5.56 Å². The average Bonchev–Trinajstić information content (AvgIpc) is 2.49. The lowest BCUT2D eigenvalue weighted by Gasteiger charge is -2.08. The van der Waals surface area contributed by atoms with Crippen molar-refractivity contribution in [3.63, 3.8) is 0 Å². The maximum absolute atomic E-state index is 12.0. The summed E-state index contributed by atoms with van der Waals surface area (Å²) in [6, 6.07) is 10.9. The van der Waals surface area contributed by atoms with E-state index in [1.807, 2.05) is 6.07 Å². The molecule has 9 heteroatoms. The number of non-ortho nitro benzene ring substituents is 1. The fraction of sp³-hybridized carbons (Fsp3) is 0.0714. The molecule has 0 aliphatic carbocycles. The molecule has 118 valence electrons. The van der Waals surface area contributed by atoms with Crippen molar-refractivity contribution in [3.05, 3.63) is 68.7 Å². The molecule has 0 saturated carbocycles. The van der Waals surface area contributed by atoms with Crippen molar-refractivity contribution in [2.75, 3.05) is 0 Å². The van der Waals surface area contributed by atoms with Crippen LogP contribution in [0.15, 0.2) is 42.5 Å². The molecule has 0 atom stereocenters.